The van der Waals surface area contributed by atoms with Crippen molar-refractivity contribution in [3.8, 4) is 0 Å². The summed E-state index contributed by atoms with van der Waals surface area (Å²) in [4.78, 5) is 36.8. The van der Waals surface area contributed by atoms with Crippen LogP contribution in [-0.4, -0.2) is 34.8 Å². The van der Waals surface area contributed by atoms with Gasteiger partial charge < -0.3 is 15.5 Å². The Morgan fingerprint density at radius 1 is 1.26 bits per heavy atom. The molecule has 0 aliphatic carbocycles. The second-order valence-electron chi connectivity index (χ2n) is 6.39. The molecule has 1 saturated heterocycles. The summed E-state index contributed by atoms with van der Waals surface area (Å²) in [6.45, 7) is 5.23. The SMILES string of the molecule is CC1(C)C(=O)NC(=O)N1CC(=O)NCc1ccc2c(c1)CNC2. The maximum atomic E-state index is 12.1. The van der Waals surface area contributed by atoms with Crippen molar-refractivity contribution in [1.29, 1.82) is 0 Å². The molecular formula is C16H20N4O3. The largest absolute Gasteiger partial charge is 0.350 e. The van der Waals surface area contributed by atoms with Gasteiger partial charge in [-0.15, -0.1) is 0 Å². The molecule has 4 amide bonds. The lowest BCUT2D eigenvalue weighted by Crippen LogP contribution is -2.48. The Morgan fingerprint density at radius 2 is 2.00 bits per heavy atom. The van der Waals surface area contributed by atoms with Crippen molar-refractivity contribution in [2.75, 3.05) is 6.54 Å². The zero-order chi connectivity index (χ0) is 16.6. The molecule has 1 aromatic carbocycles. The molecule has 1 fully saturated rings. The van der Waals surface area contributed by atoms with E-state index in [-0.39, 0.29) is 18.4 Å². The standard InChI is InChI=1S/C16H20N4O3/c1-16(2)14(22)19-15(23)20(16)9-13(21)18-6-10-3-4-11-7-17-8-12(11)5-10/h3-5,17H,6-9H2,1-2H3,(H,18,21)(H,19,22,23). The maximum Gasteiger partial charge on any atom is 0.325 e. The number of urea groups is 1. The number of nitrogens with one attached hydrogen (secondary N) is 3. The van der Waals surface area contributed by atoms with E-state index in [4.69, 9.17) is 0 Å². The number of nitrogens with zero attached hydrogens (tertiary/aromatic N) is 1. The van der Waals surface area contributed by atoms with Crippen molar-refractivity contribution in [1.82, 2.24) is 20.9 Å². The van der Waals surface area contributed by atoms with Crippen LogP contribution in [0.25, 0.3) is 0 Å². The fourth-order valence-electron chi connectivity index (χ4n) is 2.82. The summed E-state index contributed by atoms with van der Waals surface area (Å²) in [5, 5.41) is 8.30. The molecule has 0 aromatic heterocycles. The smallest absolute Gasteiger partial charge is 0.325 e. The van der Waals surface area contributed by atoms with Crippen LogP contribution < -0.4 is 16.0 Å². The quantitative estimate of drug-likeness (QED) is 0.694. The third-order valence-corrected chi connectivity index (χ3v) is 4.39. The number of rotatable bonds is 4. The summed E-state index contributed by atoms with van der Waals surface area (Å²) in [5.74, 6) is -0.678. The van der Waals surface area contributed by atoms with Crippen LogP contribution in [0, 0.1) is 0 Å². The van der Waals surface area contributed by atoms with Gasteiger partial charge in [0, 0.05) is 19.6 Å². The lowest BCUT2D eigenvalue weighted by Gasteiger charge is -2.27. The third-order valence-electron chi connectivity index (χ3n) is 4.39. The van der Waals surface area contributed by atoms with Gasteiger partial charge in [-0.1, -0.05) is 18.2 Å². The molecule has 0 bridgehead atoms. The number of imide groups is 1. The van der Waals surface area contributed by atoms with Gasteiger partial charge in [-0.2, -0.15) is 0 Å². The van der Waals surface area contributed by atoms with Crippen molar-refractivity contribution in [3.05, 3.63) is 34.9 Å². The molecule has 1 aromatic rings. The Morgan fingerprint density at radius 3 is 2.70 bits per heavy atom. The van der Waals surface area contributed by atoms with E-state index in [2.05, 4.69) is 28.1 Å². The lowest BCUT2D eigenvalue weighted by atomic mass is 10.0. The molecule has 0 saturated carbocycles. The average molecular weight is 316 g/mol. The Hall–Kier alpha value is -2.41. The Labute approximate surface area is 134 Å². The van der Waals surface area contributed by atoms with E-state index in [9.17, 15) is 14.4 Å². The zero-order valence-electron chi connectivity index (χ0n) is 13.2. The van der Waals surface area contributed by atoms with E-state index in [1.807, 2.05) is 6.07 Å². The van der Waals surface area contributed by atoms with Crippen LogP contribution in [0.2, 0.25) is 0 Å². The zero-order valence-corrected chi connectivity index (χ0v) is 13.2. The summed E-state index contributed by atoms with van der Waals surface area (Å²) >= 11 is 0. The minimum atomic E-state index is -1.01. The van der Waals surface area contributed by atoms with Gasteiger partial charge >= 0.3 is 6.03 Å². The maximum absolute atomic E-state index is 12.1. The highest BCUT2D eigenvalue weighted by Crippen LogP contribution is 2.20. The highest BCUT2D eigenvalue weighted by Gasteiger charge is 2.46. The number of benzene rings is 1. The van der Waals surface area contributed by atoms with E-state index in [1.165, 1.54) is 16.0 Å². The third kappa shape index (κ3) is 2.92. The van der Waals surface area contributed by atoms with Gasteiger partial charge in [0.15, 0.2) is 0 Å². The number of fused-ring (bicyclic) bond motifs is 1. The first kappa shape index (κ1) is 15.5. The van der Waals surface area contributed by atoms with Crippen molar-refractivity contribution in [2.24, 2.45) is 0 Å². The van der Waals surface area contributed by atoms with Crippen molar-refractivity contribution >= 4 is 17.8 Å². The molecule has 7 nitrogen and oxygen atoms in total. The molecule has 122 valence electrons. The van der Waals surface area contributed by atoms with Crippen LogP contribution >= 0.6 is 0 Å². The van der Waals surface area contributed by atoms with Crippen LogP contribution in [0.4, 0.5) is 4.79 Å². The molecule has 0 unspecified atom stereocenters. The van der Waals surface area contributed by atoms with E-state index in [1.54, 1.807) is 13.8 Å². The molecule has 2 heterocycles. The van der Waals surface area contributed by atoms with Crippen LogP contribution in [0.5, 0.6) is 0 Å². The fraction of sp³-hybridized carbons (Fsp3) is 0.438. The summed E-state index contributed by atoms with van der Waals surface area (Å²) < 4.78 is 0. The topological polar surface area (TPSA) is 90.5 Å². The highest BCUT2D eigenvalue weighted by molar-refractivity contribution is 6.07. The predicted octanol–water partition coefficient (Wildman–Crippen LogP) is 0.236. The molecule has 0 radical (unpaired) electrons. The van der Waals surface area contributed by atoms with Crippen molar-refractivity contribution in [3.63, 3.8) is 0 Å². The van der Waals surface area contributed by atoms with Gasteiger partial charge in [-0.05, 0) is 30.5 Å². The number of hydrogen-bond donors (Lipinski definition) is 3. The van der Waals surface area contributed by atoms with Crippen LogP contribution in [-0.2, 0) is 29.2 Å². The molecule has 7 heteroatoms. The van der Waals surface area contributed by atoms with Crippen molar-refractivity contribution in [2.45, 2.75) is 39.0 Å². The van der Waals surface area contributed by atoms with Gasteiger partial charge in [0.1, 0.15) is 12.1 Å². The number of hydrogen-bond acceptors (Lipinski definition) is 4. The van der Waals surface area contributed by atoms with Gasteiger partial charge in [0.05, 0.1) is 0 Å². The molecule has 0 atom stereocenters. The monoisotopic (exact) mass is 316 g/mol. The van der Waals surface area contributed by atoms with Gasteiger partial charge in [-0.25, -0.2) is 4.79 Å². The lowest BCUT2D eigenvalue weighted by molar-refractivity contribution is -0.127. The summed E-state index contributed by atoms with van der Waals surface area (Å²) in [6, 6.07) is 5.60. The summed E-state index contributed by atoms with van der Waals surface area (Å²) in [7, 11) is 0. The molecular weight excluding hydrogens is 296 g/mol. The summed E-state index contributed by atoms with van der Waals surface area (Å²) in [6.07, 6.45) is 0. The molecule has 3 N–H and O–H groups in total. The fourth-order valence-corrected chi connectivity index (χ4v) is 2.82. The highest BCUT2D eigenvalue weighted by atomic mass is 16.2. The van der Waals surface area contributed by atoms with Crippen molar-refractivity contribution < 1.29 is 14.4 Å². The molecule has 2 aliphatic heterocycles. The number of carbonyl (C=O) groups excluding carboxylic acids is 3. The van der Waals surface area contributed by atoms with E-state index in [0.29, 0.717) is 6.54 Å². The second kappa shape index (κ2) is 5.66. The molecule has 3 rings (SSSR count). The first-order valence-electron chi connectivity index (χ1n) is 7.59. The Kier molecular flexibility index (Phi) is 3.81. The van der Waals surface area contributed by atoms with Crippen LogP contribution in [0.15, 0.2) is 18.2 Å². The first-order valence-corrected chi connectivity index (χ1v) is 7.59. The van der Waals surface area contributed by atoms with E-state index in [0.717, 1.165) is 18.7 Å². The Balaban J connectivity index is 1.58. The average Bonchev–Trinajstić information content (AvgIpc) is 3.03. The molecule has 0 spiro atoms. The molecule has 2 aliphatic rings. The van der Waals surface area contributed by atoms with E-state index >= 15 is 0 Å². The van der Waals surface area contributed by atoms with Crippen LogP contribution in [0.3, 0.4) is 0 Å². The summed E-state index contributed by atoms with van der Waals surface area (Å²) in [5.41, 5.74) is 2.55. The van der Waals surface area contributed by atoms with Crippen LogP contribution in [0.1, 0.15) is 30.5 Å². The second-order valence-corrected chi connectivity index (χ2v) is 6.39. The molecule has 23 heavy (non-hydrogen) atoms. The van der Waals surface area contributed by atoms with Gasteiger partial charge in [-0.3, -0.25) is 14.9 Å². The Bertz CT molecular complexity index is 684. The minimum Gasteiger partial charge on any atom is -0.350 e. The minimum absolute atomic E-state index is 0.142. The normalized spacial score (nSPS) is 18.8. The first-order chi connectivity index (χ1) is 10.9. The number of carbonyl (C=O) groups is 3. The van der Waals surface area contributed by atoms with Gasteiger partial charge in [0.25, 0.3) is 5.91 Å². The van der Waals surface area contributed by atoms with Gasteiger partial charge in [0.2, 0.25) is 5.91 Å². The van der Waals surface area contributed by atoms with E-state index < -0.39 is 11.6 Å². The number of amides is 4. The predicted molar refractivity (Wildman–Crippen MR) is 83.2 cm³/mol.